The summed E-state index contributed by atoms with van der Waals surface area (Å²) < 4.78 is 7.79. The summed E-state index contributed by atoms with van der Waals surface area (Å²) in [7, 11) is 0. The second kappa shape index (κ2) is 8.36. The van der Waals surface area contributed by atoms with Gasteiger partial charge in [0.2, 0.25) is 0 Å². The van der Waals surface area contributed by atoms with Crippen LogP contribution in [0.25, 0.3) is 61.5 Å². The molecule has 0 unspecified atom stereocenters. The molecule has 0 amide bonds. The third-order valence-electron chi connectivity index (χ3n) is 6.58. The summed E-state index contributed by atoms with van der Waals surface area (Å²) in [5.41, 5.74) is 10.2. The lowest BCUT2D eigenvalue weighted by atomic mass is 9.95. The van der Waals surface area contributed by atoms with Gasteiger partial charge in [0.25, 0.3) is 0 Å². The van der Waals surface area contributed by atoms with E-state index in [1.165, 1.54) is 6.39 Å². The molecule has 7 aromatic rings. The highest BCUT2D eigenvalue weighted by Crippen LogP contribution is 2.40. The second-order valence-electron chi connectivity index (χ2n) is 8.73. The predicted octanol–water partition coefficient (Wildman–Crippen LogP) is 8.17. The van der Waals surface area contributed by atoms with E-state index in [2.05, 4.69) is 113 Å². The highest BCUT2D eigenvalue weighted by molar-refractivity contribution is 5.93. The number of fused-ring (bicyclic) bond motifs is 2. The number of para-hydroxylation sites is 3. The number of aromatic nitrogens is 3. The monoisotopic (exact) mass is 463 g/mol. The van der Waals surface area contributed by atoms with Crippen molar-refractivity contribution in [1.29, 1.82) is 0 Å². The van der Waals surface area contributed by atoms with Crippen LogP contribution in [0.1, 0.15) is 0 Å². The summed E-state index contributed by atoms with van der Waals surface area (Å²) in [5.74, 6) is 0.863. The Labute approximate surface area is 208 Å². The molecule has 2 aromatic heterocycles. The standard InChI is InChI=1S/C32H21N3O/c1-3-10-22(11-4-1)25-14-9-15-26(23-12-5-2-6-13-23)31(25)35-29-17-8-7-16-27(29)34-32(35)24-18-19-30-28(20-24)33-21-36-30/h1-21H. The van der Waals surface area contributed by atoms with Crippen molar-refractivity contribution in [2.45, 2.75) is 0 Å². The lowest BCUT2D eigenvalue weighted by Crippen LogP contribution is -2.03. The van der Waals surface area contributed by atoms with Crippen molar-refractivity contribution in [1.82, 2.24) is 14.5 Å². The van der Waals surface area contributed by atoms with Crippen molar-refractivity contribution >= 4 is 22.1 Å². The van der Waals surface area contributed by atoms with Gasteiger partial charge in [-0.15, -0.1) is 0 Å². The molecule has 0 saturated carbocycles. The first-order valence-corrected chi connectivity index (χ1v) is 11.9. The zero-order chi connectivity index (χ0) is 23.9. The van der Waals surface area contributed by atoms with Crippen LogP contribution in [0.15, 0.2) is 132 Å². The molecule has 0 atom stereocenters. The van der Waals surface area contributed by atoms with Crippen LogP contribution in [0.3, 0.4) is 0 Å². The van der Waals surface area contributed by atoms with Crippen molar-refractivity contribution in [3.63, 3.8) is 0 Å². The van der Waals surface area contributed by atoms with Gasteiger partial charge in [0.1, 0.15) is 11.3 Å². The number of hydrogen-bond donors (Lipinski definition) is 0. The second-order valence-corrected chi connectivity index (χ2v) is 8.73. The van der Waals surface area contributed by atoms with Gasteiger partial charge in [-0.1, -0.05) is 91.0 Å². The minimum Gasteiger partial charge on any atom is -0.443 e. The summed E-state index contributed by atoms with van der Waals surface area (Å²) in [6, 6.07) is 42.0. The number of nitrogens with zero attached hydrogens (tertiary/aromatic N) is 3. The molecule has 0 aliphatic rings. The molecule has 7 rings (SSSR count). The molecule has 0 spiro atoms. The van der Waals surface area contributed by atoms with Crippen LogP contribution in [0, 0.1) is 0 Å². The molecular formula is C32H21N3O. The number of hydrogen-bond acceptors (Lipinski definition) is 3. The van der Waals surface area contributed by atoms with Crippen molar-refractivity contribution in [3.8, 4) is 39.3 Å². The Kier molecular flexibility index (Phi) is 4.74. The number of imidazole rings is 1. The van der Waals surface area contributed by atoms with Gasteiger partial charge in [-0.05, 0) is 41.5 Å². The maximum atomic E-state index is 5.50. The lowest BCUT2D eigenvalue weighted by molar-refractivity contribution is 0.602. The van der Waals surface area contributed by atoms with E-state index in [0.717, 1.165) is 61.5 Å². The Morgan fingerprint density at radius 2 is 1.22 bits per heavy atom. The largest absolute Gasteiger partial charge is 0.443 e. The lowest BCUT2D eigenvalue weighted by Gasteiger charge is -2.19. The van der Waals surface area contributed by atoms with Crippen LogP contribution in [0.4, 0.5) is 0 Å². The topological polar surface area (TPSA) is 43.9 Å². The van der Waals surface area contributed by atoms with Gasteiger partial charge in [0.15, 0.2) is 12.0 Å². The summed E-state index contributed by atoms with van der Waals surface area (Å²) in [5, 5.41) is 0. The molecular weight excluding hydrogens is 442 g/mol. The van der Waals surface area contributed by atoms with E-state index in [-0.39, 0.29) is 0 Å². The normalized spacial score (nSPS) is 11.3. The molecule has 2 heterocycles. The Morgan fingerprint density at radius 3 is 1.94 bits per heavy atom. The number of oxazole rings is 1. The Morgan fingerprint density at radius 1 is 0.556 bits per heavy atom. The molecule has 0 saturated heterocycles. The molecule has 0 aliphatic carbocycles. The molecule has 4 heteroatoms. The third-order valence-corrected chi connectivity index (χ3v) is 6.58. The number of benzene rings is 5. The van der Waals surface area contributed by atoms with Gasteiger partial charge in [-0.3, -0.25) is 4.57 Å². The molecule has 0 bridgehead atoms. The van der Waals surface area contributed by atoms with Crippen LogP contribution in [-0.2, 0) is 0 Å². The Bertz CT molecular complexity index is 1770. The van der Waals surface area contributed by atoms with Gasteiger partial charge in [-0.25, -0.2) is 9.97 Å². The first-order chi connectivity index (χ1) is 17.9. The maximum Gasteiger partial charge on any atom is 0.181 e. The van der Waals surface area contributed by atoms with E-state index < -0.39 is 0 Å². The Hall–Kier alpha value is -4.96. The van der Waals surface area contributed by atoms with Crippen molar-refractivity contribution in [2.75, 3.05) is 0 Å². The van der Waals surface area contributed by atoms with E-state index in [4.69, 9.17) is 9.40 Å². The quantitative estimate of drug-likeness (QED) is 0.264. The van der Waals surface area contributed by atoms with E-state index in [1.807, 2.05) is 18.2 Å². The van der Waals surface area contributed by atoms with Gasteiger partial charge < -0.3 is 4.42 Å². The number of rotatable bonds is 4. The molecule has 36 heavy (non-hydrogen) atoms. The summed E-state index contributed by atoms with van der Waals surface area (Å²) in [4.78, 5) is 9.51. The van der Waals surface area contributed by atoms with Gasteiger partial charge in [-0.2, -0.15) is 0 Å². The van der Waals surface area contributed by atoms with E-state index in [0.29, 0.717) is 0 Å². The fraction of sp³-hybridized carbons (Fsp3) is 0. The molecule has 4 nitrogen and oxygen atoms in total. The van der Waals surface area contributed by atoms with Crippen molar-refractivity contribution in [2.24, 2.45) is 0 Å². The Balaban J connectivity index is 1.61. The summed E-state index contributed by atoms with van der Waals surface area (Å²) in [6.07, 6.45) is 1.48. The molecule has 0 N–H and O–H groups in total. The SMILES string of the molecule is c1ccc(-c2cccc(-c3ccccc3)c2-n2c(-c3ccc4ocnc4c3)nc3ccccc32)cc1. The van der Waals surface area contributed by atoms with Gasteiger partial charge >= 0.3 is 0 Å². The average molecular weight is 464 g/mol. The van der Waals surface area contributed by atoms with Gasteiger partial charge in [0.05, 0.1) is 16.7 Å². The van der Waals surface area contributed by atoms with Crippen LogP contribution >= 0.6 is 0 Å². The first kappa shape index (κ1) is 20.4. The van der Waals surface area contributed by atoms with E-state index in [9.17, 15) is 0 Å². The zero-order valence-electron chi connectivity index (χ0n) is 19.4. The summed E-state index contributed by atoms with van der Waals surface area (Å²) in [6.45, 7) is 0. The predicted molar refractivity (Wildman–Crippen MR) is 145 cm³/mol. The minimum atomic E-state index is 0.760. The molecule has 5 aromatic carbocycles. The van der Waals surface area contributed by atoms with Crippen LogP contribution in [0.5, 0.6) is 0 Å². The summed E-state index contributed by atoms with van der Waals surface area (Å²) >= 11 is 0. The molecule has 0 aliphatic heterocycles. The first-order valence-electron chi connectivity index (χ1n) is 11.9. The van der Waals surface area contributed by atoms with Crippen molar-refractivity contribution in [3.05, 3.63) is 128 Å². The van der Waals surface area contributed by atoms with Crippen LogP contribution in [0.2, 0.25) is 0 Å². The van der Waals surface area contributed by atoms with Gasteiger partial charge in [0, 0.05) is 16.7 Å². The fourth-order valence-electron chi connectivity index (χ4n) is 4.93. The van der Waals surface area contributed by atoms with Crippen molar-refractivity contribution < 1.29 is 4.42 Å². The highest BCUT2D eigenvalue weighted by atomic mass is 16.3. The fourth-order valence-corrected chi connectivity index (χ4v) is 4.93. The molecule has 0 radical (unpaired) electrons. The smallest absolute Gasteiger partial charge is 0.181 e. The zero-order valence-corrected chi connectivity index (χ0v) is 19.4. The third kappa shape index (κ3) is 3.31. The molecule has 0 fully saturated rings. The van der Waals surface area contributed by atoms with Crippen LogP contribution < -0.4 is 0 Å². The minimum absolute atomic E-state index is 0.760. The van der Waals surface area contributed by atoms with E-state index >= 15 is 0 Å². The van der Waals surface area contributed by atoms with E-state index in [1.54, 1.807) is 0 Å². The maximum absolute atomic E-state index is 5.50. The average Bonchev–Trinajstić information content (AvgIpc) is 3.58. The van der Waals surface area contributed by atoms with Crippen LogP contribution in [-0.4, -0.2) is 14.5 Å². The highest BCUT2D eigenvalue weighted by Gasteiger charge is 2.21. The molecule has 170 valence electrons.